The molecule has 0 spiro atoms. The summed E-state index contributed by atoms with van der Waals surface area (Å²) in [6.45, 7) is 2.79. The highest BCUT2D eigenvalue weighted by Gasteiger charge is 2.14. The van der Waals surface area contributed by atoms with Crippen molar-refractivity contribution in [2.75, 3.05) is 23.9 Å². The molecule has 0 saturated heterocycles. The molecule has 42 heavy (non-hydrogen) atoms. The number of sulfone groups is 1. The van der Waals surface area contributed by atoms with Gasteiger partial charge in [-0.25, -0.2) is 23.4 Å². The summed E-state index contributed by atoms with van der Waals surface area (Å²) >= 11 is 0. The van der Waals surface area contributed by atoms with Gasteiger partial charge < -0.3 is 24.7 Å². The highest BCUT2D eigenvalue weighted by molar-refractivity contribution is 7.90. The van der Waals surface area contributed by atoms with Gasteiger partial charge in [0.1, 0.15) is 50.8 Å². The van der Waals surface area contributed by atoms with Crippen LogP contribution in [0.3, 0.4) is 0 Å². The van der Waals surface area contributed by atoms with Crippen LogP contribution >= 0.6 is 0 Å². The van der Waals surface area contributed by atoms with Crippen molar-refractivity contribution >= 4 is 38.1 Å². The number of allylic oxidation sites excluding steroid dienone is 1. The number of anilines is 2. The second-order valence-corrected chi connectivity index (χ2v) is 12.2. The summed E-state index contributed by atoms with van der Waals surface area (Å²) in [5, 5.41) is 7.36. The zero-order valence-corrected chi connectivity index (χ0v) is 23.9. The number of benzene rings is 2. The maximum Gasteiger partial charge on any atom is 0.148 e. The average Bonchev–Trinajstić information content (AvgIpc) is 3.45. The van der Waals surface area contributed by atoms with E-state index in [1.807, 2.05) is 84.9 Å². The van der Waals surface area contributed by atoms with Gasteiger partial charge in [-0.1, -0.05) is 5.73 Å². The van der Waals surface area contributed by atoms with E-state index in [-0.39, 0.29) is 5.75 Å². The fraction of sp³-hybridized carbons (Fsp3) is 0.161. The Morgan fingerprint density at radius 1 is 1.10 bits per heavy atom. The minimum absolute atomic E-state index is 0.0801. The third-order valence-electron chi connectivity index (χ3n) is 6.62. The van der Waals surface area contributed by atoms with Crippen LogP contribution < -0.4 is 15.4 Å². The predicted octanol–water partition coefficient (Wildman–Crippen LogP) is 5.21. The number of aryl methyl sites for hydroxylation is 1. The van der Waals surface area contributed by atoms with Gasteiger partial charge in [0, 0.05) is 41.7 Å². The molecule has 4 aromatic rings. The van der Waals surface area contributed by atoms with Gasteiger partial charge in [0.15, 0.2) is 0 Å². The first-order valence-electron chi connectivity index (χ1n) is 13.3. The topological polar surface area (TPSA) is 122 Å². The van der Waals surface area contributed by atoms with Crippen molar-refractivity contribution in [1.82, 2.24) is 20.2 Å². The van der Waals surface area contributed by atoms with Crippen molar-refractivity contribution in [3.05, 3.63) is 108 Å². The van der Waals surface area contributed by atoms with Crippen LogP contribution in [0.4, 0.5) is 11.5 Å². The monoisotopic (exact) mass is 580 g/mol. The van der Waals surface area contributed by atoms with Crippen LogP contribution in [0, 0.1) is 6.92 Å². The molecule has 11 heteroatoms. The number of furan rings is 1. The molecule has 0 amide bonds. The molecule has 2 aliphatic heterocycles. The predicted molar refractivity (Wildman–Crippen MR) is 163 cm³/mol. The molecule has 4 heterocycles. The van der Waals surface area contributed by atoms with E-state index in [9.17, 15) is 8.42 Å². The molecule has 0 fully saturated rings. The number of hydrogen-bond donors (Lipinski definition) is 2. The van der Waals surface area contributed by atoms with Crippen molar-refractivity contribution in [2.45, 2.75) is 13.5 Å². The SMILES string of the molecule is Cc1cc(Nc2ncnc3ccc(-c4ccc(CNCCS(C)(=O)=O)o4)cc23)ccc1OC1=CC2=NC=C=CN2C=C1. The fourth-order valence-electron chi connectivity index (χ4n) is 4.49. The second-order valence-electron chi connectivity index (χ2n) is 9.92. The van der Waals surface area contributed by atoms with Crippen LogP contribution in [0.2, 0.25) is 0 Å². The molecule has 10 nitrogen and oxygen atoms in total. The molecule has 2 aliphatic rings. The van der Waals surface area contributed by atoms with Crippen LogP contribution in [-0.2, 0) is 16.4 Å². The summed E-state index contributed by atoms with van der Waals surface area (Å²) in [6, 6.07) is 15.5. The summed E-state index contributed by atoms with van der Waals surface area (Å²) in [7, 11) is -3.01. The molecule has 0 atom stereocenters. The molecule has 2 N–H and O–H groups in total. The third kappa shape index (κ3) is 6.34. The lowest BCUT2D eigenvalue weighted by Crippen LogP contribution is -2.22. The fourth-order valence-corrected chi connectivity index (χ4v) is 5.00. The van der Waals surface area contributed by atoms with E-state index >= 15 is 0 Å². The van der Waals surface area contributed by atoms with Crippen LogP contribution in [0.15, 0.2) is 107 Å². The van der Waals surface area contributed by atoms with Crippen LogP contribution in [0.5, 0.6) is 5.75 Å². The van der Waals surface area contributed by atoms with Crippen molar-refractivity contribution in [3.63, 3.8) is 0 Å². The molecule has 0 aliphatic carbocycles. The number of aliphatic imine (C=N–C) groups is 1. The van der Waals surface area contributed by atoms with Gasteiger partial charge in [0.05, 0.1) is 30.2 Å². The maximum absolute atomic E-state index is 11.3. The summed E-state index contributed by atoms with van der Waals surface area (Å²) in [5.41, 5.74) is 6.43. The summed E-state index contributed by atoms with van der Waals surface area (Å²) < 4.78 is 34.8. The minimum atomic E-state index is -3.01. The largest absolute Gasteiger partial charge is 0.460 e. The molecule has 6 rings (SSSR count). The van der Waals surface area contributed by atoms with Crippen molar-refractivity contribution in [2.24, 2.45) is 4.99 Å². The molecular weight excluding hydrogens is 552 g/mol. The smallest absolute Gasteiger partial charge is 0.148 e. The van der Waals surface area contributed by atoms with Gasteiger partial charge in [-0.2, -0.15) is 0 Å². The van der Waals surface area contributed by atoms with E-state index in [1.54, 1.807) is 6.20 Å². The number of ether oxygens (including phenoxy) is 1. The number of hydrogen-bond acceptors (Lipinski definition) is 10. The molecule has 2 aromatic carbocycles. The minimum Gasteiger partial charge on any atom is -0.460 e. The maximum atomic E-state index is 11.3. The van der Waals surface area contributed by atoms with Gasteiger partial charge in [-0.05, 0) is 67.1 Å². The Morgan fingerprint density at radius 3 is 2.86 bits per heavy atom. The first-order valence-corrected chi connectivity index (χ1v) is 15.3. The van der Waals surface area contributed by atoms with E-state index in [0.717, 1.165) is 45.1 Å². The summed E-state index contributed by atoms with van der Waals surface area (Å²) in [5.74, 6) is 4.36. The Hall–Kier alpha value is -4.96. The standard InChI is InChI=1S/C31H28N6O4S/c1-21-16-23(5-8-28(21)40-24-10-14-37-13-3-11-33-30(37)18-24)36-31-26-17-22(4-7-27(26)34-20-35-31)29-9-6-25(41-29)19-32-12-15-42(2,38)39/h4-11,13-14,16-18,20,32H,12,15,19H2,1-2H3,(H,34,35,36). The second kappa shape index (κ2) is 11.5. The first-order chi connectivity index (χ1) is 20.3. The number of fused-ring (bicyclic) bond motifs is 2. The van der Waals surface area contributed by atoms with Gasteiger partial charge in [-0.3, -0.25) is 0 Å². The van der Waals surface area contributed by atoms with Gasteiger partial charge in [-0.15, -0.1) is 0 Å². The van der Waals surface area contributed by atoms with Crippen molar-refractivity contribution in [3.8, 4) is 17.1 Å². The van der Waals surface area contributed by atoms with Crippen LogP contribution in [0.1, 0.15) is 11.3 Å². The zero-order chi connectivity index (χ0) is 29.1. The number of nitrogens with one attached hydrogen (secondary N) is 2. The lowest BCUT2D eigenvalue weighted by Gasteiger charge is -2.21. The van der Waals surface area contributed by atoms with E-state index in [1.165, 1.54) is 12.6 Å². The Bertz CT molecular complexity index is 1930. The van der Waals surface area contributed by atoms with Crippen LogP contribution in [-0.4, -0.2) is 47.7 Å². The highest BCUT2D eigenvalue weighted by Crippen LogP contribution is 2.31. The highest BCUT2D eigenvalue weighted by atomic mass is 32.2. The molecule has 0 unspecified atom stereocenters. The molecular formula is C31H28N6O4S. The van der Waals surface area contributed by atoms with Crippen LogP contribution in [0.25, 0.3) is 22.2 Å². The van der Waals surface area contributed by atoms with E-state index in [4.69, 9.17) is 9.15 Å². The van der Waals surface area contributed by atoms with Gasteiger partial charge >= 0.3 is 0 Å². The molecule has 2 aromatic heterocycles. The summed E-state index contributed by atoms with van der Waals surface area (Å²) in [6.07, 6.45) is 11.8. The molecule has 0 bridgehead atoms. The Balaban J connectivity index is 1.17. The Kier molecular flexibility index (Phi) is 7.45. The third-order valence-corrected chi connectivity index (χ3v) is 7.56. The van der Waals surface area contributed by atoms with Crippen molar-refractivity contribution in [1.29, 1.82) is 0 Å². The normalized spacial score (nSPS) is 14.1. The number of nitrogens with zero attached hydrogens (tertiary/aromatic N) is 4. The number of aromatic nitrogens is 2. The lowest BCUT2D eigenvalue weighted by molar-refractivity contribution is 0.437. The Labute approximate surface area is 243 Å². The first kappa shape index (κ1) is 27.2. The van der Waals surface area contributed by atoms with E-state index in [0.29, 0.717) is 30.4 Å². The number of amidine groups is 1. The van der Waals surface area contributed by atoms with E-state index < -0.39 is 9.84 Å². The average molecular weight is 581 g/mol. The number of rotatable bonds is 10. The molecule has 212 valence electrons. The summed E-state index contributed by atoms with van der Waals surface area (Å²) in [4.78, 5) is 15.1. The van der Waals surface area contributed by atoms with Gasteiger partial charge in [0.2, 0.25) is 0 Å². The Morgan fingerprint density at radius 2 is 2.00 bits per heavy atom. The van der Waals surface area contributed by atoms with E-state index in [2.05, 4.69) is 31.3 Å². The van der Waals surface area contributed by atoms with Gasteiger partial charge in [0.25, 0.3) is 0 Å². The molecule has 0 radical (unpaired) electrons. The molecule has 0 saturated carbocycles. The zero-order valence-electron chi connectivity index (χ0n) is 23.0. The quantitative estimate of drug-likeness (QED) is 0.192. The lowest BCUT2D eigenvalue weighted by atomic mass is 10.1. The van der Waals surface area contributed by atoms with Crippen molar-refractivity contribution < 1.29 is 17.6 Å².